The molecule has 4 aromatic rings. The summed E-state index contributed by atoms with van der Waals surface area (Å²) in [6, 6.07) is 13.8. The van der Waals surface area contributed by atoms with Crippen LogP contribution < -0.4 is 4.80 Å². The third-order valence-electron chi connectivity index (χ3n) is 4.20. The largest absolute Gasteiger partial charge is 0.463 e. The summed E-state index contributed by atoms with van der Waals surface area (Å²) >= 11 is 1.52. The SMILES string of the molecule is Cc1ccc(N=c2scc(-c3ccco3)n2N=Cc2ccncc2)cc1C. The topological polar surface area (TPSA) is 55.7 Å². The number of hydrogen-bond donors (Lipinski definition) is 0. The van der Waals surface area contributed by atoms with Gasteiger partial charge in [0.1, 0.15) is 5.69 Å². The predicted molar refractivity (Wildman–Crippen MR) is 108 cm³/mol. The second-order valence-electron chi connectivity index (χ2n) is 6.10. The van der Waals surface area contributed by atoms with Crippen molar-refractivity contribution in [3.63, 3.8) is 0 Å². The number of benzene rings is 1. The van der Waals surface area contributed by atoms with E-state index in [1.54, 1.807) is 29.5 Å². The van der Waals surface area contributed by atoms with Crippen LogP contribution in [0.3, 0.4) is 0 Å². The highest BCUT2D eigenvalue weighted by atomic mass is 32.1. The lowest BCUT2D eigenvalue weighted by molar-refractivity contribution is 0.575. The molecule has 0 N–H and O–H groups in total. The quantitative estimate of drug-likeness (QED) is 0.475. The molecule has 0 atom stereocenters. The lowest BCUT2D eigenvalue weighted by Gasteiger charge is -2.02. The molecule has 0 radical (unpaired) electrons. The summed E-state index contributed by atoms with van der Waals surface area (Å²) in [7, 11) is 0. The minimum Gasteiger partial charge on any atom is -0.463 e. The van der Waals surface area contributed by atoms with Gasteiger partial charge in [-0.3, -0.25) is 4.98 Å². The molecule has 27 heavy (non-hydrogen) atoms. The van der Waals surface area contributed by atoms with Gasteiger partial charge < -0.3 is 4.42 Å². The van der Waals surface area contributed by atoms with Gasteiger partial charge in [-0.1, -0.05) is 6.07 Å². The van der Waals surface area contributed by atoms with Crippen LogP contribution in [0.15, 0.2) is 81.0 Å². The van der Waals surface area contributed by atoms with Crippen molar-refractivity contribution in [2.75, 3.05) is 0 Å². The van der Waals surface area contributed by atoms with E-state index < -0.39 is 0 Å². The first-order chi connectivity index (χ1) is 13.2. The molecular formula is C21H18N4OS. The maximum Gasteiger partial charge on any atom is 0.211 e. The molecule has 6 heteroatoms. The summed E-state index contributed by atoms with van der Waals surface area (Å²) in [5.41, 5.74) is 5.19. The molecule has 4 rings (SSSR count). The van der Waals surface area contributed by atoms with Gasteiger partial charge >= 0.3 is 0 Å². The summed E-state index contributed by atoms with van der Waals surface area (Å²) in [4.78, 5) is 9.61. The second kappa shape index (κ2) is 7.55. The van der Waals surface area contributed by atoms with Crippen LogP contribution in [0.4, 0.5) is 5.69 Å². The first kappa shape index (κ1) is 17.2. The third-order valence-corrected chi connectivity index (χ3v) is 5.02. The van der Waals surface area contributed by atoms with Crippen molar-refractivity contribution in [1.29, 1.82) is 0 Å². The minimum absolute atomic E-state index is 0.750. The fourth-order valence-electron chi connectivity index (χ4n) is 2.56. The van der Waals surface area contributed by atoms with Crippen molar-refractivity contribution in [2.24, 2.45) is 10.1 Å². The molecule has 0 aliphatic carbocycles. The second-order valence-corrected chi connectivity index (χ2v) is 6.93. The Bertz CT molecular complexity index is 1140. The number of hydrogen-bond acceptors (Lipinski definition) is 5. The Labute approximate surface area is 161 Å². The van der Waals surface area contributed by atoms with Gasteiger partial charge in [-0.15, -0.1) is 11.3 Å². The first-order valence-electron chi connectivity index (χ1n) is 8.51. The Hall–Kier alpha value is -3.25. The predicted octanol–water partition coefficient (Wildman–Crippen LogP) is 4.94. The highest BCUT2D eigenvalue weighted by Gasteiger charge is 2.10. The fraction of sp³-hybridized carbons (Fsp3) is 0.0952. The zero-order valence-electron chi connectivity index (χ0n) is 15.0. The maximum atomic E-state index is 5.57. The smallest absolute Gasteiger partial charge is 0.211 e. The van der Waals surface area contributed by atoms with Crippen LogP contribution in [-0.2, 0) is 0 Å². The molecule has 5 nitrogen and oxygen atoms in total. The van der Waals surface area contributed by atoms with Crippen LogP contribution in [0.2, 0.25) is 0 Å². The molecule has 0 fully saturated rings. The summed E-state index contributed by atoms with van der Waals surface area (Å²) in [5.74, 6) is 0.750. The summed E-state index contributed by atoms with van der Waals surface area (Å²) in [6.45, 7) is 4.19. The number of rotatable bonds is 4. The van der Waals surface area contributed by atoms with E-state index in [0.29, 0.717) is 0 Å². The van der Waals surface area contributed by atoms with E-state index in [1.165, 1.54) is 22.5 Å². The summed E-state index contributed by atoms with van der Waals surface area (Å²) in [5, 5.41) is 6.65. The van der Waals surface area contributed by atoms with Gasteiger partial charge in [0.05, 0.1) is 18.2 Å². The maximum absolute atomic E-state index is 5.57. The molecule has 0 saturated carbocycles. The van der Waals surface area contributed by atoms with Crippen LogP contribution in [0.25, 0.3) is 11.5 Å². The number of thiazole rings is 1. The van der Waals surface area contributed by atoms with Crippen LogP contribution >= 0.6 is 11.3 Å². The standard InChI is InChI=1S/C21H18N4OS/c1-15-5-6-18(12-16(15)2)24-21-25(23-13-17-7-9-22-10-8-17)19(14-27-21)20-4-3-11-26-20/h3-14H,1-2H3. The third kappa shape index (κ3) is 3.80. The molecule has 3 aromatic heterocycles. The Morgan fingerprint density at radius 2 is 1.93 bits per heavy atom. The Kier molecular flexibility index (Phi) is 4.80. The molecule has 134 valence electrons. The van der Waals surface area contributed by atoms with Crippen molar-refractivity contribution >= 4 is 23.2 Å². The highest BCUT2D eigenvalue weighted by Crippen LogP contribution is 2.22. The van der Waals surface area contributed by atoms with Gasteiger partial charge in [0.15, 0.2) is 5.76 Å². The van der Waals surface area contributed by atoms with E-state index in [9.17, 15) is 0 Å². The molecule has 0 aliphatic heterocycles. The van der Waals surface area contributed by atoms with Crippen LogP contribution in [0.5, 0.6) is 0 Å². The normalized spacial score (nSPS) is 12.1. The minimum atomic E-state index is 0.750. The molecule has 0 saturated heterocycles. The lowest BCUT2D eigenvalue weighted by Crippen LogP contribution is -2.11. The van der Waals surface area contributed by atoms with E-state index in [0.717, 1.165) is 27.5 Å². The summed E-state index contributed by atoms with van der Waals surface area (Å²) in [6.07, 6.45) is 6.94. The molecule has 0 bridgehead atoms. The number of aryl methyl sites for hydroxylation is 2. The molecule has 0 spiro atoms. The number of furan rings is 1. The van der Waals surface area contributed by atoms with Crippen molar-refractivity contribution in [1.82, 2.24) is 9.66 Å². The van der Waals surface area contributed by atoms with E-state index in [4.69, 9.17) is 9.41 Å². The van der Waals surface area contributed by atoms with Gasteiger partial charge in [-0.2, -0.15) is 5.10 Å². The van der Waals surface area contributed by atoms with Crippen LogP contribution in [0, 0.1) is 13.8 Å². The van der Waals surface area contributed by atoms with E-state index in [-0.39, 0.29) is 0 Å². The molecule has 0 amide bonds. The number of nitrogens with zero attached hydrogens (tertiary/aromatic N) is 4. The van der Waals surface area contributed by atoms with Gasteiger partial charge in [0.25, 0.3) is 0 Å². The molecular weight excluding hydrogens is 356 g/mol. The first-order valence-corrected chi connectivity index (χ1v) is 9.39. The van der Waals surface area contributed by atoms with Crippen molar-refractivity contribution in [2.45, 2.75) is 13.8 Å². The lowest BCUT2D eigenvalue weighted by atomic mass is 10.1. The zero-order chi connectivity index (χ0) is 18.6. The highest BCUT2D eigenvalue weighted by molar-refractivity contribution is 7.07. The van der Waals surface area contributed by atoms with Gasteiger partial charge in [-0.05, 0) is 66.9 Å². The van der Waals surface area contributed by atoms with Gasteiger partial charge in [0, 0.05) is 17.8 Å². The zero-order valence-corrected chi connectivity index (χ0v) is 15.9. The number of aromatic nitrogens is 2. The summed E-state index contributed by atoms with van der Waals surface area (Å²) < 4.78 is 7.38. The monoisotopic (exact) mass is 374 g/mol. The fourth-order valence-corrected chi connectivity index (χ4v) is 3.40. The molecule has 0 aliphatic rings. The molecule has 0 unspecified atom stereocenters. The number of pyridine rings is 1. The van der Waals surface area contributed by atoms with Crippen molar-refractivity contribution < 1.29 is 4.42 Å². The van der Waals surface area contributed by atoms with E-state index in [1.807, 2.05) is 35.7 Å². The Morgan fingerprint density at radius 1 is 1.07 bits per heavy atom. The average molecular weight is 374 g/mol. The molecule has 3 heterocycles. The van der Waals surface area contributed by atoms with Crippen LogP contribution in [0.1, 0.15) is 16.7 Å². The molecule has 1 aromatic carbocycles. The van der Waals surface area contributed by atoms with Gasteiger partial charge in [0.2, 0.25) is 4.80 Å². The van der Waals surface area contributed by atoms with Crippen LogP contribution in [-0.4, -0.2) is 15.9 Å². The Morgan fingerprint density at radius 3 is 2.67 bits per heavy atom. The van der Waals surface area contributed by atoms with E-state index in [2.05, 4.69) is 36.1 Å². The van der Waals surface area contributed by atoms with Gasteiger partial charge in [-0.25, -0.2) is 9.67 Å². The Balaban J connectivity index is 1.83. The van der Waals surface area contributed by atoms with E-state index >= 15 is 0 Å². The van der Waals surface area contributed by atoms with Crippen molar-refractivity contribution in [3.05, 3.63) is 88.0 Å². The van der Waals surface area contributed by atoms with Crippen molar-refractivity contribution in [3.8, 4) is 11.5 Å². The average Bonchev–Trinajstić information content (AvgIpc) is 3.34.